The van der Waals surface area contributed by atoms with E-state index in [9.17, 15) is 14.4 Å². The second-order valence-electron chi connectivity index (χ2n) is 5.13. The maximum absolute atomic E-state index is 11.8. The lowest BCUT2D eigenvalue weighted by molar-refractivity contribution is -0.122. The Labute approximate surface area is 122 Å². The average molecular weight is 287 g/mol. The number of hydrazone groups is 1. The van der Waals surface area contributed by atoms with Gasteiger partial charge in [-0.1, -0.05) is 13.0 Å². The van der Waals surface area contributed by atoms with E-state index in [4.69, 9.17) is 0 Å². The predicted molar refractivity (Wildman–Crippen MR) is 79.2 cm³/mol. The Bertz CT molecular complexity index is 650. The first-order chi connectivity index (χ1) is 9.88. The normalized spacial score (nSPS) is 17.8. The highest BCUT2D eigenvalue weighted by molar-refractivity contribution is 6.09. The molecule has 0 aromatic heterocycles. The number of hydrogen-bond donors (Lipinski definition) is 2. The van der Waals surface area contributed by atoms with Crippen molar-refractivity contribution >= 4 is 29.0 Å². The van der Waals surface area contributed by atoms with Crippen LogP contribution in [0.25, 0.3) is 0 Å². The molecule has 110 valence electrons. The third kappa shape index (κ3) is 3.34. The van der Waals surface area contributed by atoms with Crippen LogP contribution in [0.15, 0.2) is 23.3 Å². The molecule has 2 amide bonds. The van der Waals surface area contributed by atoms with Crippen LogP contribution in [0.4, 0.5) is 5.69 Å². The summed E-state index contributed by atoms with van der Waals surface area (Å²) in [5.41, 5.74) is 4.85. The molecular weight excluding hydrogens is 270 g/mol. The van der Waals surface area contributed by atoms with Gasteiger partial charge in [0.05, 0.1) is 11.4 Å². The first-order valence-electron chi connectivity index (χ1n) is 6.68. The van der Waals surface area contributed by atoms with E-state index in [0.717, 1.165) is 11.3 Å². The zero-order chi connectivity index (χ0) is 15.6. The van der Waals surface area contributed by atoms with Gasteiger partial charge in [-0.3, -0.25) is 14.4 Å². The van der Waals surface area contributed by atoms with E-state index in [1.807, 2.05) is 6.92 Å². The Balaban J connectivity index is 2.43. The number of ketones is 1. The molecular formula is C15H17N3O3. The van der Waals surface area contributed by atoms with Crippen molar-refractivity contribution in [2.45, 2.75) is 27.2 Å². The molecule has 1 aromatic carbocycles. The summed E-state index contributed by atoms with van der Waals surface area (Å²) in [6, 6.07) is 5.16. The highest BCUT2D eigenvalue weighted by Gasteiger charge is 2.22. The molecule has 0 spiro atoms. The molecule has 0 saturated heterocycles. The van der Waals surface area contributed by atoms with Crippen LogP contribution in [0.3, 0.4) is 0 Å². The molecule has 0 radical (unpaired) electrons. The molecule has 1 aromatic rings. The fourth-order valence-electron chi connectivity index (χ4n) is 2.30. The van der Waals surface area contributed by atoms with Gasteiger partial charge in [-0.2, -0.15) is 5.10 Å². The van der Waals surface area contributed by atoms with Crippen molar-refractivity contribution in [3.8, 4) is 0 Å². The smallest absolute Gasteiger partial charge is 0.240 e. The lowest BCUT2D eigenvalue weighted by atomic mass is 9.92. The zero-order valence-electron chi connectivity index (χ0n) is 12.2. The van der Waals surface area contributed by atoms with Gasteiger partial charge in [-0.05, 0) is 24.6 Å². The van der Waals surface area contributed by atoms with Gasteiger partial charge in [0, 0.05) is 24.8 Å². The molecule has 6 heteroatoms. The van der Waals surface area contributed by atoms with E-state index in [0.29, 0.717) is 17.7 Å². The number of benzene rings is 1. The first kappa shape index (κ1) is 14.9. The van der Waals surface area contributed by atoms with Crippen LogP contribution in [0.1, 0.15) is 43.1 Å². The van der Waals surface area contributed by atoms with Crippen LogP contribution in [-0.4, -0.2) is 23.3 Å². The first-order valence-corrected chi connectivity index (χ1v) is 6.68. The summed E-state index contributed by atoms with van der Waals surface area (Å²) in [7, 11) is 0. The van der Waals surface area contributed by atoms with Gasteiger partial charge >= 0.3 is 0 Å². The number of carbonyl (C=O) groups is 3. The predicted octanol–water partition coefficient (Wildman–Crippen LogP) is 1.71. The van der Waals surface area contributed by atoms with Crippen molar-refractivity contribution in [2.75, 3.05) is 5.32 Å². The highest BCUT2D eigenvalue weighted by atomic mass is 16.2. The van der Waals surface area contributed by atoms with Gasteiger partial charge in [-0.25, -0.2) is 5.43 Å². The number of rotatable bonds is 3. The van der Waals surface area contributed by atoms with Gasteiger partial charge in [0.2, 0.25) is 11.8 Å². The average Bonchev–Trinajstić information content (AvgIpc) is 2.38. The summed E-state index contributed by atoms with van der Waals surface area (Å²) in [5, 5.41) is 6.71. The van der Waals surface area contributed by atoms with Gasteiger partial charge in [0.25, 0.3) is 0 Å². The van der Waals surface area contributed by atoms with Crippen molar-refractivity contribution in [2.24, 2.45) is 11.0 Å². The van der Waals surface area contributed by atoms with Gasteiger partial charge in [0.1, 0.15) is 0 Å². The number of Topliss-reactive ketones (excluding diaryl/α,β-unsaturated/α-hetero) is 1. The zero-order valence-corrected chi connectivity index (χ0v) is 12.2. The molecule has 1 aliphatic heterocycles. The Kier molecular flexibility index (Phi) is 4.16. The summed E-state index contributed by atoms with van der Waals surface area (Å²) in [4.78, 5) is 34.2. The third-order valence-corrected chi connectivity index (χ3v) is 3.26. The van der Waals surface area contributed by atoms with Gasteiger partial charge in [-0.15, -0.1) is 0 Å². The van der Waals surface area contributed by atoms with Crippen molar-refractivity contribution in [3.05, 3.63) is 29.3 Å². The van der Waals surface area contributed by atoms with E-state index >= 15 is 0 Å². The molecule has 21 heavy (non-hydrogen) atoms. The fraction of sp³-hybridized carbons (Fsp3) is 0.333. The number of nitrogens with zero attached hydrogens (tertiary/aromatic N) is 1. The molecule has 1 atom stereocenters. The van der Waals surface area contributed by atoms with Crippen molar-refractivity contribution in [3.63, 3.8) is 0 Å². The second kappa shape index (κ2) is 5.87. The van der Waals surface area contributed by atoms with Crippen LogP contribution in [-0.2, 0) is 9.59 Å². The van der Waals surface area contributed by atoms with E-state index in [1.54, 1.807) is 18.2 Å². The largest absolute Gasteiger partial charge is 0.326 e. The van der Waals surface area contributed by atoms with Crippen LogP contribution < -0.4 is 10.7 Å². The fourth-order valence-corrected chi connectivity index (χ4v) is 2.30. The molecule has 2 N–H and O–H groups in total. The van der Waals surface area contributed by atoms with Crippen LogP contribution in [0.5, 0.6) is 0 Å². The number of carbonyl (C=O) groups excluding carboxylic acids is 3. The Hall–Kier alpha value is -2.50. The minimum Gasteiger partial charge on any atom is -0.326 e. The molecule has 1 aliphatic rings. The van der Waals surface area contributed by atoms with Crippen molar-refractivity contribution in [1.82, 2.24) is 5.43 Å². The van der Waals surface area contributed by atoms with E-state index in [-0.39, 0.29) is 23.5 Å². The summed E-state index contributed by atoms with van der Waals surface area (Å²) >= 11 is 0. The Morgan fingerprint density at radius 1 is 1.33 bits per heavy atom. The Morgan fingerprint density at radius 2 is 2.05 bits per heavy atom. The summed E-state index contributed by atoms with van der Waals surface area (Å²) < 4.78 is 0. The standard InChI is InChI=1S/C15H17N3O3/c1-8-6-14(21)17-18-15(8)11-4-5-13(16-10(3)20)12(7-11)9(2)19/h4-5,7-8H,6H2,1-3H3,(H,16,20)(H,17,21)/t8-/m1/s1. The van der Waals surface area contributed by atoms with Crippen LogP contribution in [0.2, 0.25) is 0 Å². The van der Waals surface area contributed by atoms with Crippen LogP contribution >= 0.6 is 0 Å². The quantitative estimate of drug-likeness (QED) is 0.829. The van der Waals surface area contributed by atoms with E-state index in [1.165, 1.54) is 13.8 Å². The molecule has 0 unspecified atom stereocenters. The summed E-state index contributed by atoms with van der Waals surface area (Å²) in [6.07, 6.45) is 0.363. The van der Waals surface area contributed by atoms with Crippen LogP contribution in [0, 0.1) is 5.92 Å². The van der Waals surface area contributed by atoms with E-state index < -0.39 is 0 Å². The summed E-state index contributed by atoms with van der Waals surface area (Å²) in [5.74, 6) is -0.521. The van der Waals surface area contributed by atoms with Gasteiger partial charge < -0.3 is 5.32 Å². The van der Waals surface area contributed by atoms with E-state index in [2.05, 4.69) is 15.8 Å². The highest BCUT2D eigenvalue weighted by Crippen LogP contribution is 2.23. The topological polar surface area (TPSA) is 87.6 Å². The number of amides is 2. The third-order valence-electron chi connectivity index (χ3n) is 3.26. The molecule has 0 aliphatic carbocycles. The number of anilines is 1. The second-order valence-corrected chi connectivity index (χ2v) is 5.13. The molecule has 6 nitrogen and oxygen atoms in total. The number of nitrogens with one attached hydrogen (secondary N) is 2. The lowest BCUT2D eigenvalue weighted by Crippen LogP contribution is -2.32. The maximum atomic E-state index is 11.8. The maximum Gasteiger partial charge on any atom is 0.240 e. The van der Waals surface area contributed by atoms with Gasteiger partial charge in [0.15, 0.2) is 5.78 Å². The molecule has 0 fully saturated rings. The lowest BCUT2D eigenvalue weighted by Gasteiger charge is -2.20. The molecule has 0 bridgehead atoms. The van der Waals surface area contributed by atoms with Crippen molar-refractivity contribution in [1.29, 1.82) is 0 Å². The SMILES string of the molecule is CC(=O)Nc1ccc(C2=NNC(=O)C[C@H]2C)cc1C(C)=O. The minimum atomic E-state index is -0.235. The van der Waals surface area contributed by atoms with Crippen molar-refractivity contribution < 1.29 is 14.4 Å². The monoisotopic (exact) mass is 287 g/mol. The molecule has 0 saturated carbocycles. The molecule has 1 heterocycles. The molecule has 2 rings (SSSR count). The number of hydrogen-bond acceptors (Lipinski definition) is 4. The minimum absolute atomic E-state index is 0.0230. The summed E-state index contributed by atoms with van der Waals surface area (Å²) in [6.45, 7) is 4.74. The Morgan fingerprint density at radius 3 is 2.62 bits per heavy atom.